The third-order valence-corrected chi connectivity index (χ3v) is 8.10. The van der Waals surface area contributed by atoms with Gasteiger partial charge in [-0.3, -0.25) is 4.98 Å². The lowest BCUT2D eigenvalue weighted by Crippen LogP contribution is -2.62. The zero-order valence-electron chi connectivity index (χ0n) is 22.1. The van der Waals surface area contributed by atoms with E-state index in [-0.39, 0.29) is 11.1 Å². The molecule has 1 saturated heterocycles. The molecule has 1 N–H and O–H groups in total. The smallest absolute Gasteiger partial charge is 0.147 e. The standard InChI is InChI=1S/C24H32IN6OP.C2H6/c1-23(2)10-18(11-24(3,4)29-23)30(5)22-14-26-20(13-27-22)19-8-7-16(9-21(19)32-6)17-12-28-31(15-17)33-25;1-2/h7-9,12-15,18,29,33H,10-11H2,1-6H3;1-2H3. The molecule has 2 aromatic heterocycles. The van der Waals surface area contributed by atoms with Crippen molar-refractivity contribution in [1.29, 1.82) is 0 Å². The van der Waals surface area contributed by atoms with Gasteiger partial charge < -0.3 is 15.0 Å². The summed E-state index contributed by atoms with van der Waals surface area (Å²) in [6, 6.07) is 6.56. The average molecular weight is 609 g/mol. The Labute approximate surface area is 224 Å². The molecule has 3 heterocycles. The quantitative estimate of drug-likeness (QED) is 0.252. The van der Waals surface area contributed by atoms with E-state index in [0.29, 0.717) is 12.4 Å². The van der Waals surface area contributed by atoms with Crippen LogP contribution in [0, 0.1) is 0 Å². The van der Waals surface area contributed by atoms with Crippen molar-refractivity contribution in [3.05, 3.63) is 43.0 Å². The molecule has 35 heavy (non-hydrogen) atoms. The fraction of sp³-hybridized carbons (Fsp3) is 0.500. The lowest BCUT2D eigenvalue weighted by molar-refractivity contribution is 0.160. The maximum absolute atomic E-state index is 5.70. The molecule has 1 atom stereocenters. The molecule has 0 saturated carbocycles. The van der Waals surface area contributed by atoms with E-state index in [1.165, 1.54) is 0 Å². The number of hydrogen-bond donors (Lipinski definition) is 1. The number of nitrogens with one attached hydrogen (secondary N) is 1. The van der Waals surface area contributed by atoms with Gasteiger partial charge in [0.1, 0.15) is 11.6 Å². The number of ether oxygens (including phenoxy) is 1. The van der Waals surface area contributed by atoms with E-state index in [0.717, 1.165) is 46.8 Å². The highest BCUT2D eigenvalue weighted by molar-refractivity contribution is 14.2. The molecule has 1 unspecified atom stereocenters. The largest absolute Gasteiger partial charge is 0.496 e. The molecule has 0 bridgehead atoms. The Hall–Kier alpha value is -1.77. The number of aromatic nitrogens is 4. The fourth-order valence-corrected chi connectivity index (χ4v) is 6.05. The molecule has 0 amide bonds. The monoisotopic (exact) mass is 608 g/mol. The number of methoxy groups -OCH3 is 1. The van der Waals surface area contributed by atoms with Gasteiger partial charge in [0.05, 0.1) is 37.8 Å². The van der Waals surface area contributed by atoms with E-state index in [9.17, 15) is 0 Å². The van der Waals surface area contributed by atoms with Gasteiger partial charge in [0.15, 0.2) is 0 Å². The predicted octanol–water partition coefficient (Wildman–Crippen LogP) is 6.58. The summed E-state index contributed by atoms with van der Waals surface area (Å²) in [5.41, 5.74) is 4.02. The van der Waals surface area contributed by atoms with Gasteiger partial charge in [-0.15, -0.1) is 0 Å². The maximum Gasteiger partial charge on any atom is 0.147 e. The zero-order chi connectivity index (χ0) is 25.8. The summed E-state index contributed by atoms with van der Waals surface area (Å²) in [6.45, 7) is 13.1. The summed E-state index contributed by atoms with van der Waals surface area (Å²) in [4.78, 5) is 11.8. The van der Waals surface area contributed by atoms with Crippen molar-refractivity contribution in [2.75, 3.05) is 19.1 Å². The van der Waals surface area contributed by atoms with Crippen LogP contribution < -0.4 is 15.0 Å². The molecule has 7 nitrogen and oxygen atoms in total. The summed E-state index contributed by atoms with van der Waals surface area (Å²) >= 11 is 2.32. The van der Waals surface area contributed by atoms with Crippen LogP contribution in [0.2, 0.25) is 0 Å². The highest BCUT2D eigenvalue weighted by Gasteiger charge is 2.39. The molecule has 190 valence electrons. The zero-order valence-corrected chi connectivity index (χ0v) is 25.2. The Morgan fingerprint density at radius 2 is 1.74 bits per heavy atom. The molecule has 0 aliphatic carbocycles. The van der Waals surface area contributed by atoms with E-state index >= 15 is 0 Å². The van der Waals surface area contributed by atoms with Crippen LogP contribution in [0.1, 0.15) is 54.4 Å². The molecule has 1 aliphatic heterocycles. The lowest BCUT2D eigenvalue weighted by atomic mass is 9.79. The number of hydrogen-bond acceptors (Lipinski definition) is 6. The second-order valence-corrected chi connectivity index (χ2v) is 12.1. The van der Waals surface area contributed by atoms with E-state index in [2.05, 4.69) is 78.2 Å². The first-order chi connectivity index (χ1) is 16.6. The Morgan fingerprint density at radius 3 is 2.29 bits per heavy atom. The van der Waals surface area contributed by atoms with Gasteiger partial charge in [0.2, 0.25) is 0 Å². The summed E-state index contributed by atoms with van der Waals surface area (Å²) < 4.78 is 7.63. The number of benzene rings is 1. The van der Waals surface area contributed by atoms with Crippen molar-refractivity contribution < 1.29 is 4.74 Å². The first-order valence-electron chi connectivity index (χ1n) is 12.1. The minimum absolute atomic E-state index is 0.0802. The summed E-state index contributed by atoms with van der Waals surface area (Å²) in [6.07, 6.45) is 10.3. The van der Waals surface area contributed by atoms with Crippen molar-refractivity contribution in [1.82, 2.24) is 24.8 Å². The van der Waals surface area contributed by atoms with Crippen LogP contribution >= 0.6 is 28.4 Å². The molecule has 3 aromatic rings. The molecule has 1 aliphatic rings. The van der Waals surface area contributed by atoms with Crippen LogP contribution in [0.4, 0.5) is 5.82 Å². The fourth-order valence-electron chi connectivity index (χ4n) is 4.97. The van der Waals surface area contributed by atoms with Crippen LogP contribution in [0.3, 0.4) is 0 Å². The van der Waals surface area contributed by atoms with Gasteiger partial charge in [-0.1, -0.05) is 19.9 Å². The Morgan fingerprint density at radius 1 is 1.06 bits per heavy atom. The molecule has 9 heteroatoms. The topological polar surface area (TPSA) is 68.1 Å². The molecular weight excluding hydrogens is 570 g/mol. The molecule has 4 rings (SSSR count). The normalized spacial score (nSPS) is 17.2. The molecule has 1 aromatic carbocycles. The first kappa shape index (κ1) is 27.8. The van der Waals surface area contributed by atoms with Gasteiger partial charge in [-0.05, 0) is 80.3 Å². The molecular formula is C26H38IN6OP. The lowest BCUT2D eigenvalue weighted by Gasteiger charge is -2.49. The van der Waals surface area contributed by atoms with Gasteiger partial charge in [-0.25, -0.2) is 9.44 Å². The van der Waals surface area contributed by atoms with Gasteiger partial charge in [-0.2, -0.15) is 5.10 Å². The minimum Gasteiger partial charge on any atom is -0.496 e. The van der Waals surface area contributed by atoms with Gasteiger partial charge in [0.25, 0.3) is 0 Å². The third kappa shape index (κ3) is 6.71. The SMILES string of the molecule is CC.COc1cc(-c2cnn(PI)c2)ccc1-c1cnc(N(C)C2CC(C)(C)NC(C)(C)C2)cn1. The van der Waals surface area contributed by atoms with Gasteiger partial charge >= 0.3 is 0 Å². The van der Waals surface area contributed by atoms with Crippen molar-refractivity contribution in [2.24, 2.45) is 0 Å². The number of nitrogens with zero attached hydrogens (tertiary/aromatic N) is 5. The van der Waals surface area contributed by atoms with Crippen LogP contribution in [-0.2, 0) is 0 Å². The highest BCUT2D eigenvalue weighted by atomic mass is 127. The second-order valence-electron chi connectivity index (χ2n) is 10.00. The average Bonchev–Trinajstić information content (AvgIpc) is 3.32. The van der Waals surface area contributed by atoms with Crippen LogP contribution in [0.15, 0.2) is 43.0 Å². The maximum atomic E-state index is 5.70. The van der Waals surface area contributed by atoms with E-state index < -0.39 is 0 Å². The van der Waals surface area contributed by atoms with Crippen LogP contribution in [-0.4, -0.2) is 50.8 Å². The summed E-state index contributed by atoms with van der Waals surface area (Å²) in [7, 11) is 3.81. The summed E-state index contributed by atoms with van der Waals surface area (Å²) in [5, 5.41) is 8.13. The summed E-state index contributed by atoms with van der Waals surface area (Å²) in [5.74, 6) is 1.66. The van der Waals surface area contributed by atoms with Crippen molar-refractivity contribution in [2.45, 2.75) is 71.5 Å². The third-order valence-electron chi connectivity index (χ3n) is 6.20. The van der Waals surface area contributed by atoms with Crippen molar-refractivity contribution in [3.63, 3.8) is 0 Å². The van der Waals surface area contributed by atoms with Crippen LogP contribution in [0.25, 0.3) is 22.4 Å². The second kappa shape index (κ2) is 11.5. The number of piperidine rings is 1. The Bertz CT molecular complexity index is 1100. The van der Waals surface area contributed by atoms with Crippen molar-refractivity contribution in [3.8, 4) is 28.1 Å². The number of halogens is 1. The van der Waals surface area contributed by atoms with Crippen LogP contribution in [0.5, 0.6) is 5.75 Å². The Kier molecular flexibility index (Phi) is 9.16. The Balaban J connectivity index is 0.00000167. The highest BCUT2D eigenvalue weighted by Crippen LogP contribution is 2.35. The molecule has 0 spiro atoms. The number of anilines is 1. The molecule has 1 fully saturated rings. The first-order valence-corrected chi connectivity index (χ1v) is 16.1. The molecule has 0 radical (unpaired) electrons. The van der Waals surface area contributed by atoms with E-state index in [1.54, 1.807) is 7.11 Å². The van der Waals surface area contributed by atoms with Crippen molar-refractivity contribution >= 4 is 34.2 Å². The van der Waals surface area contributed by atoms with E-state index in [4.69, 9.17) is 14.7 Å². The predicted molar refractivity (Wildman–Crippen MR) is 157 cm³/mol. The van der Waals surface area contributed by atoms with Gasteiger partial charge in [0, 0.05) is 41.5 Å². The minimum atomic E-state index is 0.0802. The number of rotatable bonds is 6. The van der Waals surface area contributed by atoms with E-state index in [1.807, 2.05) is 55.2 Å².